The van der Waals surface area contributed by atoms with Crippen LogP contribution in [0.1, 0.15) is 10.4 Å². The Balaban J connectivity index is 2.03. The first kappa shape index (κ1) is 21.0. The molecule has 0 bridgehead atoms. The first-order chi connectivity index (χ1) is 13.8. The number of methoxy groups -OCH3 is 1. The van der Waals surface area contributed by atoms with Crippen LogP contribution in [0.25, 0.3) is 10.2 Å². The number of benzene rings is 2. The van der Waals surface area contributed by atoms with Crippen molar-refractivity contribution in [3.05, 3.63) is 57.1 Å². The lowest BCUT2D eigenvalue weighted by Crippen LogP contribution is -2.36. The summed E-state index contributed by atoms with van der Waals surface area (Å²) in [4.78, 5) is 31.7. The molecule has 8 nitrogen and oxygen atoms in total. The minimum absolute atomic E-state index is 0.0714. The van der Waals surface area contributed by atoms with E-state index in [2.05, 4.69) is 4.98 Å². The summed E-state index contributed by atoms with van der Waals surface area (Å²) in [7, 11) is 5.37. The standard InChI is InChI=1S/C19H19ClN4O4S/c1-22(2)10-11-23(18(25)12-4-6-13(7-5-12)24(26)27)19-21-16-15(28-3)9-8-14(20)17(16)29-19/h4-9H,10-11H2,1-3H3. The van der Waals surface area contributed by atoms with E-state index in [4.69, 9.17) is 16.3 Å². The molecule has 3 rings (SSSR count). The number of rotatable bonds is 7. The van der Waals surface area contributed by atoms with Crippen LogP contribution in [0.3, 0.4) is 0 Å². The number of fused-ring (bicyclic) bond motifs is 1. The molecule has 0 unspecified atom stereocenters. The van der Waals surface area contributed by atoms with Crippen LogP contribution < -0.4 is 9.64 Å². The zero-order chi connectivity index (χ0) is 21.1. The minimum Gasteiger partial charge on any atom is -0.494 e. The van der Waals surface area contributed by atoms with Crippen LogP contribution in [0, 0.1) is 10.1 Å². The van der Waals surface area contributed by atoms with Gasteiger partial charge in [0.25, 0.3) is 11.6 Å². The molecule has 0 aliphatic rings. The van der Waals surface area contributed by atoms with Crippen LogP contribution in [0.2, 0.25) is 5.02 Å². The van der Waals surface area contributed by atoms with Gasteiger partial charge in [-0.1, -0.05) is 22.9 Å². The molecule has 3 aromatic rings. The summed E-state index contributed by atoms with van der Waals surface area (Å²) in [5.74, 6) is 0.276. The number of carbonyl (C=O) groups excluding carboxylic acids is 1. The third kappa shape index (κ3) is 4.47. The summed E-state index contributed by atoms with van der Waals surface area (Å²) in [6, 6.07) is 8.99. The van der Waals surface area contributed by atoms with Crippen molar-refractivity contribution in [2.45, 2.75) is 0 Å². The van der Waals surface area contributed by atoms with Crippen molar-refractivity contribution in [2.24, 2.45) is 0 Å². The van der Waals surface area contributed by atoms with Crippen molar-refractivity contribution < 1.29 is 14.5 Å². The third-order valence-electron chi connectivity index (χ3n) is 4.24. The van der Waals surface area contributed by atoms with Gasteiger partial charge in [0.1, 0.15) is 11.3 Å². The van der Waals surface area contributed by atoms with E-state index in [-0.39, 0.29) is 11.6 Å². The number of aromatic nitrogens is 1. The Hall–Kier alpha value is -2.75. The molecule has 152 valence electrons. The van der Waals surface area contributed by atoms with E-state index in [1.807, 2.05) is 19.0 Å². The molecule has 1 heterocycles. The largest absolute Gasteiger partial charge is 0.494 e. The van der Waals surface area contributed by atoms with E-state index < -0.39 is 4.92 Å². The number of hydrogen-bond acceptors (Lipinski definition) is 7. The number of hydrogen-bond donors (Lipinski definition) is 0. The number of halogens is 1. The topological polar surface area (TPSA) is 88.8 Å². The van der Waals surface area contributed by atoms with Crippen molar-refractivity contribution >= 4 is 49.9 Å². The van der Waals surface area contributed by atoms with Gasteiger partial charge in [0.15, 0.2) is 5.13 Å². The number of nitro groups is 1. The normalized spacial score (nSPS) is 11.1. The summed E-state index contributed by atoms with van der Waals surface area (Å²) in [6.45, 7) is 1.00. The fourth-order valence-electron chi connectivity index (χ4n) is 2.69. The van der Waals surface area contributed by atoms with Gasteiger partial charge in [-0.2, -0.15) is 0 Å². The van der Waals surface area contributed by atoms with Gasteiger partial charge in [-0.3, -0.25) is 19.8 Å². The van der Waals surface area contributed by atoms with Gasteiger partial charge < -0.3 is 9.64 Å². The quantitative estimate of drug-likeness (QED) is 0.411. The van der Waals surface area contributed by atoms with E-state index in [0.717, 1.165) is 4.70 Å². The highest BCUT2D eigenvalue weighted by molar-refractivity contribution is 7.23. The molecule has 0 saturated heterocycles. The Morgan fingerprint density at radius 1 is 1.21 bits per heavy atom. The number of nitrogens with zero attached hydrogens (tertiary/aromatic N) is 4. The number of ether oxygens (including phenoxy) is 1. The molecule has 0 spiro atoms. The van der Waals surface area contributed by atoms with Gasteiger partial charge in [-0.05, 0) is 38.4 Å². The second kappa shape index (κ2) is 8.73. The van der Waals surface area contributed by atoms with Crippen molar-refractivity contribution in [1.82, 2.24) is 9.88 Å². The highest BCUT2D eigenvalue weighted by Crippen LogP contribution is 2.39. The predicted octanol–water partition coefficient (Wildman–Crippen LogP) is 4.07. The predicted molar refractivity (Wildman–Crippen MR) is 115 cm³/mol. The van der Waals surface area contributed by atoms with Gasteiger partial charge >= 0.3 is 0 Å². The van der Waals surface area contributed by atoms with Crippen LogP contribution in [-0.4, -0.2) is 55.0 Å². The van der Waals surface area contributed by atoms with Crippen LogP contribution in [0.15, 0.2) is 36.4 Å². The van der Waals surface area contributed by atoms with Crippen LogP contribution >= 0.6 is 22.9 Å². The lowest BCUT2D eigenvalue weighted by atomic mass is 10.2. The second-order valence-electron chi connectivity index (χ2n) is 6.49. The molecule has 1 aromatic heterocycles. The third-order valence-corrected chi connectivity index (χ3v) is 5.78. The van der Waals surface area contributed by atoms with Gasteiger partial charge in [0.2, 0.25) is 0 Å². The molecular weight excluding hydrogens is 416 g/mol. The van der Waals surface area contributed by atoms with Crippen molar-refractivity contribution in [2.75, 3.05) is 39.2 Å². The summed E-state index contributed by atoms with van der Waals surface area (Å²) in [5.41, 5.74) is 0.857. The Kier molecular flexibility index (Phi) is 6.31. The Labute approximate surface area is 176 Å². The molecule has 0 aliphatic carbocycles. The van der Waals surface area contributed by atoms with E-state index in [9.17, 15) is 14.9 Å². The first-order valence-electron chi connectivity index (χ1n) is 8.66. The fourth-order valence-corrected chi connectivity index (χ4v) is 3.97. The van der Waals surface area contributed by atoms with E-state index >= 15 is 0 Å². The van der Waals surface area contributed by atoms with Crippen LogP contribution in [-0.2, 0) is 0 Å². The summed E-state index contributed by atoms with van der Waals surface area (Å²) < 4.78 is 6.09. The van der Waals surface area contributed by atoms with Crippen molar-refractivity contribution in [1.29, 1.82) is 0 Å². The molecule has 2 aromatic carbocycles. The zero-order valence-corrected chi connectivity index (χ0v) is 17.7. The highest BCUT2D eigenvalue weighted by Gasteiger charge is 2.23. The Morgan fingerprint density at radius 3 is 2.48 bits per heavy atom. The number of anilines is 1. The average Bonchev–Trinajstić information content (AvgIpc) is 3.14. The second-order valence-corrected chi connectivity index (χ2v) is 7.87. The number of carbonyl (C=O) groups is 1. The molecule has 0 aliphatic heterocycles. The van der Waals surface area contributed by atoms with Gasteiger partial charge in [0, 0.05) is 30.8 Å². The van der Waals surface area contributed by atoms with Gasteiger partial charge in [-0.15, -0.1) is 0 Å². The Morgan fingerprint density at radius 2 is 1.90 bits per heavy atom. The number of thiazole rings is 1. The summed E-state index contributed by atoms with van der Waals surface area (Å²) >= 11 is 7.61. The summed E-state index contributed by atoms with van der Waals surface area (Å²) in [5, 5.41) is 11.9. The van der Waals surface area contributed by atoms with E-state index in [0.29, 0.717) is 40.1 Å². The first-order valence-corrected chi connectivity index (χ1v) is 9.85. The van der Waals surface area contributed by atoms with E-state index in [1.165, 1.54) is 35.6 Å². The molecule has 1 amide bonds. The molecule has 0 atom stereocenters. The minimum atomic E-state index is -0.500. The molecule has 0 fully saturated rings. The molecule has 0 saturated carbocycles. The molecule has 0 radical (unpaired) electrons. The number of nitro benzene ring substituents is 1. The maximum Gasteiger partial charge on any atom is 0.269 e. The molecule has 29 heavy (non-hydrogen) atoms. The smallest absolute Gasteiger partial charge is 0.269 e. The van der Waals surface area contributed by atoms with E-state index in [1.54, 1.807) is 24.1 Å². The number of non-ortho nitro benzene ring substituents is 1. The van der Waals surface area contributed by atoms with Gasteiger partial charge in [0.05, 0.1) is 21.8 Å². The number of likely N-dealkylation sites (N-methyl/N-ethyl adjacent to an activating group) is 1. The highest BCUT2D eigenvalue weighted by atomic mass is 35.5. The van der Waals surface area contributed by atoms with Crippen molar-refractivity contribution in [3.8, 4) is 5.75 Å². The monoisotopic (exact) mass is 434 g/mol. The fraction of sp³-hybridized carbons (Fsp3) is 0.263. The SMILES string of the molecule is COc1ccc(Cl)c2sc(N(CCN(C)C)C(=O)c3ccc([N+](=O)[O-])cc3)nc12. The Bertz CT molecular complexity index is 1050. The number of amides is 1. The van der Waals surface area contributed by atoms with Gasteiger partial charge in [-0.25, -0.2) is 4.98 Å². The lowest BCUT2D eigenvalue weighted by molar-refractivity contribution is -0.384. The van der Waals surface area contributed by atoms with Crippen LogP contribution in [0.4, 0.5) is 10.8 Å². The lowest BCUT2D eigenvalue weighted by Gasteiger charge is -2.22. The maximum absolute atomic E-state index is 13.2. The molecular formula is C19H19ClN4O4S. The van der Waals surface area contributed by atoms with Crippen molar-refractivity contribution in [3.63, 3.8) is 0 Å². The molecule has 0 N–H and O–H groups in total. The molecule has 10 heteroatoms. The zero-order valence-electron chi connectivity index (χ0n) is 16.1. The van der Waals surface area contributed by atoms with Crippen LogP contribution in [0.5, 0.6) is 5.75 Å². The maximum atomic E-state index is 13.2. The summed E-state index contributed by atoms with van der Waals surface area (Å²) in [6.07, 6.45) is 0. The average molecular weight is 435 g/mol.